The first kappa shape index (κ1) is 16.1. The van der Waals surface area contributed by atoms with Gasteiger partial charge in [-0.3, -0.25) is 9.59 Å². The van der Waals surface area contributed by atoms with Gasteiger partial charge in [-0.05, 0) is 56.1 Å². The maximum atomic E-state index is 12.0. The van der Waals surface area contributed by atoms with Crippen LogP contribution < -0.4 is 16.6 Å². The second-order valence-electron chi connectivity index (χ2n) is 4.22. The molecular weight excluding hydrogens is 425 g/mol. The summed E-state index contributed by atoms with van der Waals surface area (Å²) in [6.45, 7) is -0.136. The van der Waals surface area contributed by atoms with Gasteiger partial charge in [-0.25, -0.2) is 0 Å². The Morgan fingerprint density at radius 3 is 2.76 bits per heavy atom. The number of pyridine rings is 1. The van der Waals surface area contributed by atoms with Crippen molar-refractivity contribution in [1.29, 1.82) is 0 Å². The van der Waals surface area contributed by atoms with Gasteiger partial charge in [0.15, 0.2) is 0 Å². The summed E-state index contributed by atoms with van der Waals surface area (Å²) in [6, 6.07) is 6.39. The molecule has 1 heterocycles. The molecule has 8 heteroatoms. The van der Waals surface area contributed by atoms with Gasteiger partial charge in [-0.15, -0.1) is 0 Å². The molecule has 2 aromatic rings. The van der Waals surface area contributed by atoms with Crippen LogP contribution in [0.25, 0.3) is 0 Å². The molecule has 1 amide bonds. The molecule has 0 aliphatic heterocycles. The topological polar surface area (TPSA) is 77.1 Å². The predicted octanol–water partition coefficient (Wildman–Crippen LogP) is 3.25. The van der Waals surface area contributed by atoms with Crippen LogP contribution in [0.1, 0.15) is 0 Å². The summed E-state index contributed by atoms with van der Waals surface area (Å²) in [5.41, 5.74) is 6.26. The average Bonchev–Trinajstić information content (AvgIpc) is 2.39. The van der Waals surface area contributed by atoms with Gasteiger partial charge in [-0.1, -0.05) is 11.6 Å². The Labute approximate surface area is 142 Å². The van der Waals surface area contributed by atoms with Crippen molar-refractivity contribution in [1.82, 2.24) is 4.57 Å². The average molecular weight is 436 g/mol. The minimum Gasteiger partial charge on any atom is -0.397 e. The van der Waals surface area contributed by atoms with Crippen LogP contribution in [0.4, 0.5) is 11.4 Å². The fourth-order valence-electron chi connectivity index (χ4n) is 1.66. The van der Waals surface area contributed by atoms with E-state index in [1.54, 1.807) is 24.3 Å². The second kappa shape index (κ2) is 6.64. The highest BCUT2D eigenvalue weighted by Gasteiger charge is 2.10. The van der Waals surface area contributed by atoms with E-state index in [0.717, 1.165) is 0 Å². The van der Waals surface area contributed by atoms with Gasteiger partial charge in [0.25, 0.3) is 5.56 Å². The number of rotatable bonds is 3. The van der Waals surface area contributed by atoms with Crippen molar-refractivity contribution in [3.05, 3.63) is 54.8 Å². The minimum atomic E-state index is -0.379. The van der Waals surface area contributed by atoms with E-state index in [1.165, 1.54) is 10.8 Å². The lowest BCUT2D eigenvalue weighted by Gasteiger charge is -2.10. The van der Waals surface area contributed by atoms with Gasteiger partial charge < -0.3 is 15.6 Å². The SMILES string of the molecule is Nc1ccc(Cl)cc1NC(=O)Cn1cc(Br)cc(Br)c1=O. The van der Waals surface area contributed by atoms with Gasteiger partial charge in [-0.2, -0.15) is 0 Å². The summed E-state index contributed by atoms with van der Waals surface area (Å²) in [6.07, 6.45) is 1.54. The second-order valence-corrected chi connectivity index (χ2v) is 6.43. The van der Waals surface area contributed by atoms with E-state index in [9.17, 15) is 9.59 Å². The molecule has 0 atom stereocenters. The molecule has 0 saturated carbocycles. The Morgan fingerprint density at radius 2 is 2.05 bits per heavy atom. The van der Waals surface area contributed by atoms with E-state index >= 15 is 0 Å². The number of nitrogens with two attached hydrogens (primary N) is 1. The number of halogens is 3. The summed E-state index contributed by atoms with van der Waals surface area (Å²) < 4.78 is 2.33. The lowest BCUT2D eigenvalue weighted by atomic mass is 10.2. The number of benzene rings is 1. The van der Waals surface area contributed by atoms with Crippen LogP contribution in [0.2, 0.25) is 5.02 Å². The highest BCUT2D eigenvalue weighted by molar-refractivity contribution is 9.11. The predicted molar refractivity (Wildman–Crippen MR) is 90.6 cm³/mol. The molecule has 0 unspecified atom stereocenters. The van der Waals surface area contributed by atoms with E-state index in [4.69, 9.17) is 17.3 Å². The molecule has 21 heavy (non-hydrogen) atoms. The zero-order valence-electron chi connectivity index (χ0n) is 10.6. The van der Waals surface area contributed by atoms with Crippen LogP contribution in [0.15, 0.2) is 44.2 Å². The van der Waals surface area contributed by atoms with Crippen molar-refractivity contribution in [2.75, 3.05) is 11.1 Å². The smallest absolute Gasteiger partial charge is 0.265 e. The molecule has 1 aromatic heterocycles. The van der Waals surface area contributed by atoms with Crippen molar-refractivity contribution in [2.24, 2.45) is 0 Å². The minimum absolute atomic E-state index is 0.136. The Hall–Kier alpha value is -1.31. The third-order valence-electron chi connectivity index (χ3n) is 2.61. The largest absolute Gasteiger partial charge is 0.397 e. The summed E-state index contributed by atoms with van der Waals surface area (Å²) in [5.74, 6) is -0.379. The molecule has 0 aliphatic rings. The molecule has 0 radical (unpaired) electrons. The number of nitrogen functional groups attached to an aromatic ring is 1. The molecule has 2 rings (SSSR count). The van der Waals surface area contributed by atoms with Crippen molar-refractivity contribution in [3.63, 3.8) is 0 Å². The first-order chi connectivity index (χ1) is 9.86. The Morgan fingerprint density at radius 1 is 1.33 bits per heavy atom. The van der Waals surface area contributed by atoms with Gasteiger partial charge in [0, 0.05) is 15.7 Å². The van der Waals surface area contributed by atoms with Crippen LogP contribution in [0.5, 0.6) is 0 Å². The van der Waals surface area contributed by atoms with E-state index in [0.29, 0.717) is 25.3 Å². The van der Waals surface area contributed by atoms with Crippen molar-refractivity contribution < 1.29 is 4.79 Å². The maximum absolute atomic E-state index is 12.0. The van der Waals surface area contributed by atoms with Gasteiger partial charge in [0.1, 0.15) is 6.54 Å². The summed E-state index contributed by atoms with van der Waals surface area (Å²) in [4.78, 5) is 23.9. The van der Waals surface area contributed by atoms with Gasteiger partial charge in [0.2, 0.25) is 5.91 Å². The zero-order valence-corrected chi connectivity index (χ0v) is 14.5. The normalized spacial score (nSPS) is 10.4. The van der Waals surface area contributed by atoms with E-state index in [-0.39, 0.29) is 18.0 Å². The van der Waals surface area contributed by atoms with E-state index in [1.807, 2.05) is 0 Å². The van der Waals surface area contributed by atoms with Crippen LogP contribution in [-0.2, 0) is 11.3 Å². The number of aromatic nitrogens is 1. The number of anilines is 2. The third kappa shape index (κ3) is 4.09. The number of nitrogens with one attached hydrogen (secondary N) is 1. The maximum Gasteiger partial charge on any atom is 0.265 e. The highest BCUT2D eigenvalue weighted by atomic mass is 79.9. The number of amides is 1. The molecule has 5 nitrogen and oxygen atoms in total. The molecule has 0 aliphatic carbocycles. The fraction of sp³-hybridized carbons (Fsp3) is 0.0769. The third-order valence-corrected chi connectivity index (χ3v) is 3.85. The van der Waals surface area contributed by atoms with Crippen molar-refractivity contribution in [2.45, 2.75) is 6.54 Å². The first-order valence-corrected chi connectivity index (χ1v) is 7.73. The van der Waals surface area contributed by atoms with E-state index in [2.05, 4.69) is 37.2 Å². The zero-order chi connectivity index (χ0) is 15.6. The number of carbonyl (C=O) groups is 1. The monoisotopic (exact) mass is 433 g/mol. The lowest BCUT2D eigenvalue weighted by Crippen LogP contribution is -2.27. The van der Waals surface area contributed by atoms with E-state index < -0.39 is 0 Å². The quantitative estimate of drug-likeness (QED) is 0.727. The number of hydrogen-bond donors (Lipinski definition) is 2. The summed E-state index contributed by atoms with van der Waals surface area (Å²) >= 11 is 12.3. The first-order valence-electron chi connectivity index (χ1n) is 5.77. The molecule has 0 bridgehead atoms. The van der Waals surface area contributed by atoms with Crippen LogP contribution in [0.3, 0.4) is 0 Å². The Balaban J connectivity index is 2.19. The molecule has 0 saturated heterocycles. The highest BCUT2D eigenvalue weighted by Crippen LogP contribution is 2.22. The Bertz CT molecular complexity index is 762. The van der Waals surface area contributed by atoms with Crippen LogP contribution >= 0.6 is 43.5 Å². The number of nitrogens with zero attached hydrogens (tertiary/aromatic N) is 1. The molecule has 0 fully saturated rings. The molecule has 110 valence electrons. The van der Waals surface area contributed by atoms with Crippen molar-refractivity contribution >= 4 is 60.7 Å². The number of carbonyl (C=O) groups excluding carboxylic acids is 1. The summed E-state index contributed by atoms with van der Waals surface area (Å²) in [5, 5.41) is 3.09. The number of hydrogen-bond acceptors (Lipinski definition) is 3. The molecular formula is C13H10Br2ClN3O2. The van der Waals surface area contributed by atoms with Crippen molar-refractivity contribution in [3.8, 4) is 0 Å². The molecule has 3 N–H and O–H groups in total. The fourth-order valence-corrected chi connectivity index (χ4v) is 3.09. The Kier molecular flexibility index (Phi) is 5.08. The van der Waals surface area contributed by atoms with Gasteiger partial charge >= 0.3 is 0 Å². The standard InChI is InChI=1S/C13H10Br2ClN3O2/c14-7-3-9(15)13(21)19(5-7)6-12(20)18-11-4-8(16)1-2-10(11)17/h1-5H,6,17H2,(H,18,20). The van der Waals surface area contributed by atoms with Crippen LogP contribution in [0, 0.1) is 0 Å². The summed E-state index contributed by atoms with van der Waals surface area (Å²) in [7, 11) is 0. The van der Waals surface area contributed by atoms with Crippen LogP contribution in [-0.4, -0.2) is 10.5 Å². The van der Waals surface area contributed by atoms with Gasteiger partial charge in [0.05, 0.1) is 15.8 Å². The lowest BCUT2D eigenvalue weighted by molar-refractivity contribution is -0.116. The molecule has 1 aromatic carbocycles. The molecule has 0 spiro atoms.